The molecule has 0 fully saturated rings. The van der Waals surface area contributed by atoms with Crippen LogP contribution in [0.15, 0.2) is 66.7 Å². The molecule has 1 aliphatic heterocycles. The van der Waals surface area contributed by atoms with Gasteiger partial charge in [-0.1, -0.05) is 51.1 Å². The third-order valence-corrected chi connectivity index (χ3v) is 6.30. The van der Waals surface area contributed by atoms with Crippen molar-refractivity contribution >= 4 is 23.2 Å². The molecule has 1 N–H and O–H groups in total. The number of nitrogens with one attached hydrogen (secondary N) is 1. The molecule has 6 nitrogen and oxygen atoms in total. The van der Waals surface area contributed by atoms with E-state index in [1.165, 1.54) is 5.56 Å². The van der Waals surface area contributed by atoms with Gasteiger partial charge in [0.15, 0.2) is 6.61 Å². The van der Waals surface area contributed by atoms with Crippen LogP contribution in [0.2, 0.25) is 0 Å². The number of anilines is 2. The Morgan fingerprint density at radius 3 is 2.50 bits per heavy atom. The van der Waals surface area contributed by atoms with E-state index in [-0.39, 0.29) is 23.8 Å². The minimum Gasteiger partial charge on any atom is -0.493 e. The molecule has 3 aromatic rings. The molecule has 0 unspecified atom stereocenters. The SMILES string of the molecule is Cc1ccccc1OCCCCN1C(=O)COc2ccc(NC(=O)c3ccc(C(C)(C)C)cc3)cc21. The number of benzene rings is 3. The highest BCUT2D eigenvalue weighted by Crippen LogP contribution is 2.35. The Balaban J connectivity index is 1.38. The zero-order chi connectivity index (χ0) is 25.7. The average Bonchev–Trinajstić information content (AvgIpc) is 2.85. The van der Waals surface area contributed by atoms with Gasteiger partial charge in [-0.05, 0) is 72.7 Å². The Kier molecular flexibility index (Phi) is 7.63. The monoisotopic (exact) mass is 486 g/mol. The maximum absolute atomic E-state index is 12.8. The zero-order valence-electron chi connectivity index (χ0n) is 21.5. The Bertz CT molecular complexity index is 1230. The van der Waals surface area contributed by atoms with Crippen LogP contribution in [0, 0.1) is 6.92 Å². The molecule has 188 valence electrons. The number of amides is 2. The maximum Gasteiger partial charge on any atom is 0.265 e. The third-order valence-electron chi connectivity index (χ3n) is 6.30. The summed E-state index contributed by atoms with van der Waals surface area (Å²) >= 11 is 0. The number of aryl methyl sites for hydroxylation is 1. The molecule has 0 spiro atoms. The van der Waals surface area contributed by atoms with Gasteiger partial charge in [0.2, 0.25) is 0 Å². The van der Waals surface area contributed by atoms with Crippen molar-refractivity contribution < 1.29 is 19.1 Å². The normalized spacial score (nSPS) is 13.1. The molecule has 0 saturated heterocycles. The summed E-state index contributed by atoms with van der Waals surface area (Å²) in [6.07, 6.45) is 1.60. The molecule has 36 heavy (non-hydrogen) atoms. The van der Waals surface area contributed by atoms with E-state index in [0.29, 0.717) is 35.8 Å². The van der Waals surface area contributed by atoms with Gasteiger partial charge >= 0.3 is 0 Å². The summed E-state index contributed by atoms with van der Waals surface area (Å²) in [6, 6.07) is 21.0. The topological polar surface area (TPSA) is 67.9 Å². The number of fused-ring (bicyclic) bond motifs is 1. The van der Waals surface area contributed by atoms with Gasteiger partial charge in [-0.2, -0.15) is 0 Å². The molecule has 0 aliphatic carbocycles. The van der Waals surface area contributed by atoms with Crippen LogP contribution >= 0.6 is 0 Å². The lowest BCUT2D eigenvalue weighted by molar-refractivity contribution is -0.121. The van der Waals surface area contributed by atoms with Crippen molar-refractivity contribution in [3.8, 4) is 11.5 Å². The summed E-state index contributed by atoms with van der Waals surface area (Å²) in [7, 11) is 0. The number of hydrogen-bond donors (Lipinski definition) is 1. The van der Waals surface area contributed by atoms with Crippen LogP contribution < -0.4 is 19.7 Å². The van der Waals surface area contributed by atoms with Gasteiger partial charge in [0.25, 0.3) is 11.8 Å². The minimum atomic E-state index is -0.196. The number of hydrogen-bond acceptors (Lipinski definition) is 4. The molecular formula is C30H34N2O4. The zero-order valence-corrected chi connectivity index (χ0v) is 21.5. The van der Waals surface area contributed by atoms with Crippen molar-refractivity contribution in [2.75, 3.05) is 30.0 Å². The lowest BCUT2D eigenvalue weighted by Gasteiger charge is -2.30. The summed E-state index contributed by atoms with van der Waals surface area (Å²) in [4.78, 5) is 27.2. The van der Waals surface area contributed by atoms with Gasteiger partial charge in [0.1, 0.15) is 11.5 Å². The van der Waals surface area contributed by atoms with E-state index in [2.05, 4.69) is 26.1 Å². The van der Waals surface area contributed by atoms with Crippen molar-refractivity contribution in [1.82, 2.24) is 0 Å². The van der Waals surface area contributed by atoms with Crippen molar-refractivity contribution in [3.05, 3.63) is 83.4 Å². The quantitative estimate of drug-likeness (QED) is 0.389. The van der Waals surface area contributed by atoms with E-state index in [4.69, 9.17) is 9.47 Å². The van der Waals surface area contributed by atoms with Gasteiger partial charge in [-0.25, -0.2) is 0 Å². The van der Waals surface area contributed by atoms with Gasteiger partial charge in [0.05, 0.1) is 12.3 Å². The first-order valence-electron chi connectivity index (χ1n) is 12.4. The van der Waals surface area contributed by atoms with E-state index >= 15 is 0 Å². The number of carbonyl (C=O) groups is 2. The van der Waals surface area contributed by atoms with Gasteiger partial charge in [-0.15, -0.1) is 0 Å². The van der Waals surface area contributed by atoms with Gasteiger partial charge in [-0.3, -0.25) is 9.59 Å². The Morgan fingerprint density at radius 1 is 1.03 bits per heavy atom. The second-order valence-electron chi connectivity index (χ2n) is 10.1. The predicted octanol–water partition coefficient (Wildman–Crippen LogP) is 6.13. The largest absolute Gasteiger partial charge is 0.493 e. The maximum atomic E-state index is 12.8. The Labute approximate surface area is 213 Å². The summed E-state index contributed by atoms with van der Waals surface area (Å²) in [5.74, 6) is 1.24. The predicted molar refractivity (Wildman–Crippen MR) is 143 cm³/mol. The molecule has 0 bridgehead atoms. The Hall–Kier alpha value is -3.80. The first kappa shape index (κ1) is 25.3. The fourth-order valence-corrected chi connectivity index (χ4v) is 4.12. The molecule has 0 atom stereocenters. The highest BCUT2D eigenvalue weighted by Gasteiger charge is 2.26. The number of rotatable bonds is 8. The molecule has 0 radical (unpaired) electrons. The van der Waals surface area contributed by atoms with Crippen LogP contribution in [0.25, 0.3) is 0 Å². The molecule has 3 aromatic carbocycles. The molecule has 6 heteroatoms. The molecule has 4 rings (SSSR count). The van der Waals surface area contributed by atoms with Crippen LogP contribution in [0.5, 0.6) is 11.5 Å². The number of para-hydroxylation sites is 1. The highest BCUT2D eigenvalue weighted by atomic mass is 16.5. The molecular weight excluding hydrogens is 452 g/mol. The smallest absolute Gasteiger partial charge is 0.265 e. The summed E-state index contributed by atoms with van der Waals surface area (Å²) < 4.78 is 11.5. The number of carbonyl (C=O) groups excluding carboxylic acids is 2. The molecule has 2 amide bonds. The molecule has 1 heterocycles. The summed E-state index contributed by atoms with van der Waals surface area (Å²) in [6.45, 7) is 9.59. The number of ether oxygens (including phenoxy) is 2. The van der Waals surface area contributed by atoms with Gasteiger partial charge < -0.3 is 19.7 Å². The first-order chi connectivity index (χ1) is 17.2. The van der Waals surface area contributed by atoms with E-state index < -0.39 is 0 Å². The standard InChI is InChI=1S/C30H34N2O4/c1-21-9-5-6-10-26(21)35-18-8-7-17-32-25-19-24(15-16-27(25)36-20-28(32)33)31-29(34)22-11-13-23(14-12-22)30(2,3)4/h5-6,9-16,19H,7-8,17-18,20H2,1-4H3,(H,31,34). The molecule has 1 aliphatic rings. The second kappa shape index (κ2) is 10.9. The van der Waals surface area contributed by atoms with E-state index in [1.807, 2.05) is 55.5 Å². The van der Waals surface area contributed by atoms with Crippen LogP contribution in [0.1, 0.15) is 55.1 Å². The van der Waals surface area contributed by atoms with E-state index in [0.717, 1.165) is 24.2 Å². The van der Waals surface area contributed by atoms with Crippen molar-refractivity contribution in [1.29, 1.82) is 0 Å². The van der Waals surface area contributed by atoms with E-state index in [1.54, 1.807) is 23.1 Å². The summed E-state index contributed by atoms with van der Waals surface area (Å²) in [5.41, 5.74) is 4.17. The van der Waals surface area contributed by atoms with Crippen LogP contribution in [-0.4, -0.2) is 31.6 Å². The summed E-state index contributed by atoms with van der Waals surface area (Å²) in [5, 5.41) is 2.95. The van der Waals surface area contributed by atoms with Crippen LogP contribution in [-0.2, 0) is 10.2 Å². The number of nitrogens with zero attached hydrogens (tertiary/aromatic N) is 1. The van der Waals surface area contributed by atoms with Crippen molar-refractivity contribution in [2.24, 2.45) is 0 Å². The molecule has 0 saturated carbocycles. The fraction of sp³-hybridized carbons (Fsp3) is 0.333. The lowest BCUT2D eigenvalue weighted by atomic mass is 9.87. The fourth-order valence-electron chi connectivity index (χ4n) is 4.12. The van der Waals surface area contributed by atoms with Crippen molar-refractivity contribution in [2.45, 2.75) is 46.0 Å². The minimum absolute atomic E-state index is 0.0124. The molecule has 0 aromatic heterocycles. The van der Waals surface area contributed by atoms with Crippen LogP contribution in [0.3, 0.4) is 0 Å². The highest BCUT2D eigenvalue weighted by molar-refractivity contribution is 6.05. The van der Waals surface area contributed by atoms with E-state index in [9.17, 15) is 9.59 Å². The first-order valence-corrected chi connectivity index (χ1v) is 12.4. The van der Waals surface area contributed by atoms with Crippen LogP contribution in [0.4, 0.5) is 11.4 Å². The van der Waals surface area contributed by atoms with Crippen molar-refractivity contribution in [3.63, 3.8) is 0 Å². The van der Waals surface area contributed by atoms with Gasteiger partial charge in [0, 0.05) is 17.8 Å². The number of unbranched alkanes of at least 4 members (excludes halogenated alkanes) is 1. The Morgan fingerprint density at radius 2 is 1.78 bits per heavy atom. The average molecular weight is 487 g/mol. The third kappa shape index (κ3) is 6.06. The lowest BCUT2D eigenvalue weighted by Crippen LogP contribution is -2.39. The second-order valence-corrected chi connectivity index (χ2v) is 10.1.